The number of rotatable bonds is 3. The van der Waals surface area contributed by atoms with Gasteiger partial charge in [0.1, 0.15) is 5.76 Å². The van der Waals surface area contributed by atoms with E-state index in [2.05, 4.69) is 19.0 Å². The van der Waals surface area contributed by atoms with Gasteiger partial charge in [-0.3, -0.25) is 4.79 Å². The predicted octanol–water partition coefficient (Wildman–Crippen LogP) is 5.92. The van der Waals surface area contributed by atoms with Crippen molar-refractivity contribution in [1.82, 2.24) is 5.16 Å². The van der Waals surface area contributed by atoms with Crippen LogP contribution in [-0.4, -0.2) is 17.1 Å². The topological polar surface area (TPSA) is 46.3 Å². The number of carbonyl (C=O) groups excluding carboxylic acids is 1. The Kier molecular flexibility index (Phi) is 7.33. The molecule has 1 aromatic carbocycles. The lowest BCUT2D eigenvalue weighted by molar-refractivity contribution is -0.120. The summed E-state index contributed by atoms with van der Waals surface area (Å²) in [5.41, 5.74) is 2.73. The summed E-state index contributed by atoms with van der Waals surface area (Å²) in [6.07, 6.45) is 2.24. The molecule has 0 radical (unpaired) electrons. The molecule has 154 valence electrons. The average Bonchev–Trinajstić information content (AvgIpc) is 2.96. The second kappa shape index (κ2) is 9.30. The molecule has 1 aliphatic rings. The molecule has 3 rings (SSSR count). The lowest BCUT2D eigenvalue weighted by atomic mass is 9.92. The van der Waals surface area contributed by atoms with Crippen LogP contribution in [0, 0.1) is 31.4 Å². The van der Waals surface area contributed by atoms with Crippen LogP contribution in [0.15, 0.2) is 22.7 Å². The van der Waals surface area contributed by atoms with Crippen molar-refractivity contribution < 1.29 is 18.1 Å². The van der Waals surface area contributed by atoms with Gasteiger partial charge in [-0.2, -0.15) is 0 Å². The van der Waals surface area contributed by atoms with Crippen molar-refractivity contribution in [3.63, 3.8) is 0 Å². The minimum absolute atomic E-state index is 0.00837. The Bertz CT molecular complexity index is 795. The third kappa shape index (κ3) is 4.97. The predicted molar refractivity (Wildman–Crippen MR) is 106 cm³/mol. The molecule has 0 N–H and O–H groups in total. The van der Waals surface area contributed by atoms with E-state index in [1.807, 2.05) is 27.7 Å². The Hall–Kier alpha value is -2.24. The van der Waals surface area contributed by atoms with E-state index in [9.17, 15) is 13.6 Å². The monoisotopic (exact) mass is 392 g/mol. The number of halogens is 2. The van der Waals surface area contributed by atoms with Crippen molar-refractivity contribution in [1.29, 1.82) is 0 Å². The molecule has 1 saturated heterocycles. The van der Waals surface area contributed by atoms with Gasteiger partial charge in [0.15, 0.2) is 11.6 Å². The van der Waals surface area contributed by atoms with E-state index in [1.165, 1.54) is 11.6 Å². The highest BCUT2D eigenvalue weighted by molar-refractivity contribution is 5.94. The van der Waals surface area contributed by atoms with Crippen LogP contribution in [0.2, 0.25) is 0 Å². The summed E-state index contributed by atoms with van der Waals surface area (Å²) in [5.74, 6) is -0.0373. The van der Waals surface area contributed by atoms with E-state index in [4.69, 9.17) is 4.52 Å². The third-order valence-electron chi connectivity index (χ3n) is 5.11. The van der Waals surface area contributed by atoms with Crippen molar-refractivity contribution in [2.45, 2.75) is 72.8 Å². The van der Waals surface area contributed by atoms with Crippen LogP contribution in [0.3, 0.4) is 0 Å². The number of carbonyl (C=O) groups is 1. The lowest BCUT2D eigenvalue weighted by Crippen LogP contribution is -2.46. The molecule has 1 amide bonds. The Morgan fingerprint density at radius 1 is 1.14 bits per heavy atom. The SMILES string of the molecule is CC(C)C1CCCC(=O)N1c1ccc(F)c(F)c1.Cc1noc(C)c1C(C)C. The van der Waals surface area contributed by atoms with Gasteiger partial charge in [-0.1, -0.05) is 32.9 Å². The fraction of sp³-hybridized carbons (Fsp3) is 0.545. The smallest absolute Gasteiger partial charge is 0.227 e. The molecule has 1 atom stereocenters. The van der Waals surface area contributed by atoms with Gasteiger partial charge in [-0.25, -0.2) is 8.78 Å². The quantitative estimate of drug-likeness (QED) is 0.651. The highest BCUT2D eigenvalue weighted by Gasteiger charge is 2.31. The van der Waals surface area contributed by atoms with Crippen molar-refractivity contribution >= 4 is 11.6 Å². The molecular formula is C22H30F2N2O2. The van der Waals surface area contributed by atoms with Crippen molar-refractivity contribution in [3.8, 4) is 0 Å². The van der Waals surface area contributed by atoms with Gasteiger partial charge in [-0.05, 0) is 50.7 Å². The number of hydrogen-bond acceptors (Lipinski definition) is 3. The summed E-state index contributed by atoms with van der Waals surface area (Å²) < 4.78 is 31.2. The van der Waals surface area contributed by atoms with Crippen molar-refractivity contribution in [3.05, 3.63) is 46.9 Å². The molecule has 1 unspecified atom stereocenters. The van der Waals surface area contributed by atoms with Crippen LogP contribution >= 0.6 is 0 Å². The molecule has 1 fully saturated rings. The number of piperidine rings is 1. The highest BCUT2D eigenvalue weighted by Crippen LogP contribution is 2.30. The average molecular weight is 392 g/mol. The Balaban J connectivity index is 0.000000237. The number of aromatic nitrogens is 1. The van der Waals surface area contributed by atoms with Crippen LogP contribution in [0.1, 0.15) is 69.9 Å². The van der Waals surface area contributed by atoms with E-state index >= 15 is 0 Å². The van der Waals surface area contributed by atoms with Gasteiger partial charge in [-0.15, -0.1) is 0 Å². The van der Waals surface area contributed by atoms with E-state index in [0.717, 1.165) is 36.4 Å². The number of amides is 1. The largest absolute Gasteiger partial charge is 0.361 e. The molecule has 2 heterocycles. The van der Waals surface area contributed by atoms with Gasteiger partial charge < -0.3 is 9.42 Å². The molecule has 0 spiro atoms. The molecule has 2 aromatic rings. The van der Waals surface area contributed by atoms with Gasteiger partial charge in [0.05, 0.1) is 5.69 Å². The molecule has 0 saturated carbocycles. The zero-order valence-corrected chi connectivity index (χ0v) is 17.6. The molecule has 1 aromatic heterocycles. The molecule has 6 heteroatoms. The molecule has 1 aliphatic heterocycles. The zero-order valence-electron chi connectivity index (χ0n) is 17.6. The number of benzene rings is 1. The number of aryl methyl sites for hydroxylation is 2. The Labute approximate surface area is 165 Å². The fourth-order valence-corrected chi connectivity index (χ4v) is 3.81. The standard InChI is InChI=1S/C14H17F2NO.C8H13NO/c1-9(2)13-4-3-5-14(18)17(13)10-6-7-11(15)12(16)8-10;1-5(2)8-6(3)9-10-7(8)4/h6-9,13H,3-5H2,1-2H3;5H,1-4H3. The van der Waals surface area contributed by atoms with Crippen LogP contribution in [0.5, 0.6) is 0 Å². The highest BCUT2D eigenvalue weighted by atomic mass is 19.2. The van der Waals surface area contributed by atoms with Crippen molar-refractivity contribution in [2.24, 2.45) is 5.92 Å². The van der Waals surface area contributed by atoms with Crippen LogP contribution in [-0.2, 0) is 4.79 Å². The first-order chi connectivity index (χ1) is 13.1. The van der Waals surface area contributed by atoms with E-state index in [1.54, 1.807) is 4.90 Å². The van der Waals surface area contributed by atoms with Crippen LogP contribution in [0.4, 0.5) is 14.5 Å². The van der Waals surface area contributed by atoms with Gasteiger partial charge in [0.25, 0.3) is 0 Å². The van der Waals surface area contributed by atoms with Gasteiger partial charge in [0, 0.05) is 29.8 Å². The molecule has 0 bridgehead atoms. The maximum Gasteiger partial charge on any atom is 0.227 e. The summed E-state index contributed by atoms with van der Waals surface area (Å²) in [6, 6.07) is 3.71. The summed E-state index contributed by atoms with van der Waals surface area (Å²) in [7, 11) is 0. The minimum Gasteiger partial charge on any atom is -0.361 e. The Morgan fingerprint density at radius 3 is 2.29 bits per heavy atom. The van der Waals surface area contributed by atoms with Gasteiger partial charge >= 0.3 is 0 Å². The zero-order chi connectivity index (χ0) is 21.0. The molecule has 28 heavy (non-hydrogen) atoms. The van der Waals surface area contributed by atoms with Crippen molar-refractivity contribution in [2.75, 3.05) is 4.90 Å². The van der Waals surface area contributed by atoms with E-state index < -0.39 is 11.6 Å². The van der Waals surface area contributed by atoms with E-state index in [0.29, 0.717) is 23.9 Å². The number of hydrogen-bond donors (Lipinski definition) is 0. The number of nitrogens with zero attached hydrogens (tertiary/aromatic N) is 2. The first kappa shape index (κ1) is 22.1. The molecule has 0 aliphatic carbocycles. The second-order valence-corrected chi connectivity index (χ2v) is 7.96. The molecule has 4 nitrogen and oxygen atoms in total. The molecular weight excluding hydrogens is 362 g/mol. The lowest BCUT2D eigenvalue weighted by Gasteiger charge is -2.38. The minimum atomic E-state index is -0.909. The Morgan fingerprint density at radius 2 is 1.82 bits per heavy atom. The second-order valence-electron chi connectivity index (χ2n) is 7.96. The first-order valence-electron chi connectivity index (χ1n) is 9.83. The van der Waals surface area contributed by atoms with E-state index in [-0.39, 0.29) is 11.9 Å². The maximum atomic E-state index is 13.3. The van der Waals surface area contributed by atoms with Crippen LogP contribution < -0.4 is 4.90 Å². The van der Waals surface area contributed by atoms with Crippen LogP contribution in [0.25, 0.3) is 0 Å². The summed E-state index contributed by atoms with van der Waals surface area (Å²) in [6.45, 7) is 12.3. The summed E-state index contributed by atoms with van der Waals surface area (Å²) >= 11 is 0. The third-order valence-corrected chi connectivity index (χ3v) is 5.11. The summed E-state index contributed by atoms with van der Waals surface area (Å²) in [4.78, 5) is 13.6. The fourth-order valence-electron chi connectivity index (χ4n) is 3.81. The maximum absolute atomic E-state index is 13.3. The number of anilines is 1. The summed E-state index contributed by atoms with van der Waals surface area (Å²) in [5, 5.41) is 3.86. The van der Waals surface area contributed by atoms with Gasteiger partial charge in [0.2, 0.25) is 5.91 Å². The first-order valence-corrected chi connectivity index (χ1v) is 9.83. The normalized spacial score (nSPS) is 17.1.